The van der Waals surface area contributed by atoms with Crippen molar-refractivity contribution in [1.82, 2.24) is 10.6 Å². The second kappa shape index (κ2) is 9.23. The third-order valence-corrected chi connectivity index (χ3v) is 3.00. The van der Waals surface area contributed by atoms with Crippen molar-refractivity contribution in [3.05, 3.63) is 0 Å². The van der Waals surface area contributed by atoms with Crippen molar-refractivity contribution >= 4 is 36.4 Å². The molecule has 2 amide bonds. The fourth-order valence-corrected chi connectivity index (χ4v) is 1.58. The van der Waals surface area contributed by atoms with E-state index in [1.54, 1.807) is 0 Å². The standard InChI is InChI=1S/C11H19N3O7S/c1-4(15)8(12)10(19)13-5(2-7(16)17)9(18)14-6(3-22)11(20)21/h4-6,8,15,22H,2-3,12H2,1H3,(H,13,19)(H,14,18)(H,16,17)(H,20,21)/t4-,5+,6+,8+/m1/s1. The highest BCUT2D eigenvalue weighted by atomic mass is 32.1. The van der Waals surface area contributed by atoms with Gasteiger partial charge in [0.15, 0.2) is 0 Å². The molecule has 4 atom stereocenters. The Hall–Kier alpha value is -1.85. The number of aliphatic carboxylic acids is 2. The van der Waals surface area contributed by atoms with E-state index in [1.165, 1.54) is 6.92 Å². The second-order valence-corrected chi connectivity index (χ2v) is 4.87. The van der Waals surface area contributed by atoms with E-state index < -0.39 is 54.4 Å². The maximum absolute atomic E-state index is 11.9. The molecule has 0 rings (SSSR count). The van der Waals surface area contributed by atoms with E-state index in [0.717, 1.165) is 0 Å². The van der Waals surface area contributed by atoms with Crippen LogP contribution in [-0.2, 0) is 19.2 Å². The van der Waals surface area contributed by atoms with Crippen LogP contribution >= 0.6 is 12.6 Å². The predicted molar refractivity (Wildman–Crippen MR) is 77.3 cm³/mol. The number of aliphatic hydroxyl groups excluding tert-OH is 1. The Kier molecular flexibility index (Phi) is 8.45. The summed E-state index contributed by atoms with van der Waals surface area (Å²) in [5.41, 5.74) is 5.37. The third kappa shape index (κ3) is 6.74. The molecule has 0 bridgehead atoms. The molecule has 0 heterocycles. The Balaban J connectivity index is 4.97. The molecule has 0 aromatic heterocycles. The van der Waals surface area contributed by atoms with Gasteiger partial charge in [-0.1, -0.05) is 0 Å². The van der Waals surface area contributed by atoms with Crippen LogP contribution in [0.1, 0.15) is 13.3 Å². The summed E-state index contributed by atoms with van der Waals surface area (Å²) in [6, 6.07) is -4.23. The summed E-state index contributed by atoms with van der Waals surface area (Å²) in [7, 11) is 0. The van der Waals surface area contributed by atoms with Gasteiger partial charge in [-0.2, -0.15) is 12.6 Å². The third-order valence-electron chi connectivity index (χ3n) is 2.63. The molecule has 7 N–H and O–H groups in total. The first-order valence-electron chi connectivity index (χ1n) is 6.20. The zero-order valence-corrected chi connectivity index (χ0v) is 12.6. The highest BCUT2D eigenvalue weighted by Gasteiger charge is 2.30. The topological polar surface area (TPSA) is 179 Å². The second-order valence-electron chi connectivity index (χ2n) is 4.51. The van der Waals surface area contributed by atoms with E-state index in [1.807, 2.05) is 5.32 Å². The lowest BCUT2D eigenvalue weighted by atomic mass is 10.1. The number of carboxylic acids is 2. The van der Waals surface area contributed by atoms with Gasteiger partial charge in [-0.3, -0.25) is 14.4 Å². The molecule has 0 aliphatic heterocycles. The van der Waals surface area contributed by atoms with Crippen LogP contribution in [0.2, 0.25) is 0 Å². The number of hydrogen-bond acceptors (Lipinski definition) is 7. The average molecular weight is 337 g/mol. The minimum absolute atomic E-state index is 0.220. The number of hydrogen-bond donors (Lipinski definition) is 7. The molecule has 0 fully saturated rings. The van der Waals surface area contributed by atoms with Crippen LogP contribution in [0.15, 0.2) is 0 Å². The first-order chi connectivity index (χ1) is 10.1. The highest BCUT2D eigenvalue weighted by molar-refractivity contribution is 7.80. The van der Waals surface area contributed by atoms with Crippen molar-refractivity contribution in [2.75, 3.05) is 5.75 Å². The van der Waals surface area contributed by atoms with Gasteiger partial charge in [0.05, 0.1) is 12.5 Å². The summed E-state index contributed by atoms with van der Waals surface area (Å²) >= 11 is 3.75. The van der Waals surface area contributed by atoms with Gasteiger partial charge in [-0.25, -0.2) is 4.79 Å². The Morgan fingerprint density at radius 1 is 1.09 bits per heavy atom. The monoisotopic (exact) mass is 337 g/mol. The fourth-order valence-electron chi connectivity index (χ4n) is 1.33. The number of nitrogens with two attached hydrogens (primary N) is 1. The Labute approximate surface area is 131 Å². The van der Waals surface area contributed by atoms with Gasteiger partial charge in [0.2, 0.25) is 11.8 Å². The number of carboxylic acid groups (broad SMARTS) is 2. The zero-order chi connectivity index (χ0) is 17.4. The summed E-state index contributed by atoms with van der Waals surface area (Å²) in [6.45, 7) is 1.25. The SMILES string of the molecule is C[C@@H](O)[C@H](N)C(=O)N[C@@H](CC(=O)O)C(=O)N[C@@H](CS)C(=O)O. The van der Waals surface area contributed by atoms with Crippen LogP contribution in [-0.4, -0.2) is 69.1 Å². The van der Waals surface area contributed by atoms with Gasteiger partial charge in [0.1, 0.15) is 18.1 Å². The molecule has 0 saturated heterocycles. The first kappa shape index (κ1) is 20.1. The van der Waals surface area contributed by atoms with Crippen molar-refractivity contribution in [3.8, 4) is 0 Å². The minimum atomic E-state index is -1.53. The van der Waals surface area contributed by atoms with Crippen LogP contribution in [0.25, 0.3) is 0 Å². The van der Waals surface area contributed by atoms with E-state index in [-0.39, 0.29) is 5.75 Å². The molecular formula is C11H19N3O7S. The lowest BCUT2D eigenvalue weighted by molar-refractivity contribution is -0.143. The van der Waals surface area contributed by atoms with Gasteiger partial charge in [0, 0.05) is 5.75 Å². The quantitative estimate of drug-likeness (QED) is 0.220. The number of nitrogens with one attached hydrogen (secondary N) is 2. The summed E-state index contributed by atoms with van der Waals surface area (Å²) in [5, 5.41) is 30.9. The molecule has 10 nitrogen and oxygen atoms in total. The van der Waals surface area contributed by atoms with Crippen molar-refractivity contribution < 1.29 is 34.5 Å². The highest BCUT2D eigenvalue weighted by Crippen LogP contribution is 1.99. The van der Waals surface area contributed by atoms with Gasteiger partial charge in [-0.05, 0) is 6.92 Å². The molecule has 126 valence electrons. The number of carbonyl (C=O) groups excluding carboxylic acids is 2. The normalized spacial score (nSPS) is 16.0. The van der Waals surface area contributed by atoms with Gasteiger partial charge < -0.3 is 31.7 Å². The number of aliphatic hydroxyl groups is 1. The number of thiol groups is 1. The molecule has 0 aliphatic rings. The Bertz CT molecular complexity index is 443. The van der Waals surface area contributed by atoms with Crippen molar-refractivity contribution in [2.24, 2.45) is 5.73 Å². The largest absolute Gasteiger partial charge is 0.481 e. The number of carbonyl (C=O) groups is 4. The summed E-state index contributed by atoms with van der Waals surface area (Å²) in [4.78, 5) is 45.1. The van der Waals surface area contributed by atoms with E-state index in [2.05, 4.69) is 17.9 Å². The Morgan fingerprint density at radius 3 is 1.95 bits per heavy atom. The molecule has 0 aliphatic carbocycles. The molecule has 0 saturated carbocycles. The molecule has 0 spiro atoms. The van der Waals surface area contributed by atoms with Gasteiger partial charge in [0.25, 0.3) is 0 Å². The zero-order valence-electron chi connectivity index (χ0n) is 11.7. The minimum Gasteiger partial charge on any atom is -0.481 e. The molecule has 0 aromatic rings. The van der Waals surface area contributed by atoms with Crippen molar-refractivity contribution in [3.63, 3.8) is 0 Å². The lowest BCUT2D eigenvalue weighted by Crippen LogP contribution is -2.57. The smallest absolute Gasteiger partial charge is 0.327 e. The fraction of sp³-hybridized carbons (Fsp3) is 0.636. The van der Waals surface area contributed by atoms with E-state index >= 15 is 0 Å². The van der Waals surface area contributed by atoms with Crippen LogP contribution in [0, 0.1) is 0 Å². The van der Waals surface area contributed by atoms with Gasteiger partial charge in [-0.15, -0.1) is 0 Å². The van der Waals surface area contributed by atoms with Crippen LogP contribution in [0.5, 0.6) is 0 Å². The lowest BCUT2D eigenvalue weighted by Gasteiger charge is -2.22. The van der Waals surface area contributed by atoms with Crippen molar-refractivity contribution in [1.29, 1.82) is 0 Å². The van der Waals surface area contributed by atoms with Gasteiger partial charge >= 0.3 is 11.9 Å². The number of rotatable bonds is 9. The van der Waals surface area contributed by atoms with Crippen LogP contribution < -0.4 is 16.4 Å². The number of amides is 2. The Morgan fingerprint density at radius 2 is 1.59 bits per heavy atom. The molecular weight excluding hydrogens is 318 g/mol. The average Bonchev–Trinajstić information content (AvgIpc) is 2.41. The first-order valence-corrected chi connectivity index (χ1v) is 6.83. The van der Waals surface area contributed by atoms with Crippen LogP contribution in [0.4, 0.5) is 0 Å². The molecule has 0 radical (unpaired) electrons. The molecule has 22 heavy (non-hydrogen) atoms. The van der Waals surface area contributed by atoms with E-state index in [0.29, 0.717) is 0 Å². The molecule has 0 aromatic carbocycles. The molecule has 11 heteroatoms. The van der Waals surface area contributed by atoms with Crippen LogP contribution in [0.3, 0.4) is 0 Å². The summed E-state index contributed by atoms with van der Waals surface area (Å²) < 4.78 is 0. The summed E-state index contributed by atoms with van der Waals surface area (Å²) in [6.07, 6.45) is -1.99. The maximum atomic E-state index is 11.9. The predicted octanol–water partition coefficient (Wildman–Crippen LogP) is -2.85. The van der Waals surface area contributed by atoms with E-state index in [9.17, 15) is 24.3 Å². The molecule has 0 unspecified atom stereocenters. The summed E-state index contributed by atoms with van der Waals surface area (Å²) in [5.74, 6) is -4.90. The van der Waals surface area contributed by atoms with Crippen molar-refractivity contribution in [2.45, 2.75) is 37.6 Å². The van der Waals surface area contributed by atoms with E-state index in [4.69, 9.17) is 15.9 Å². The maximum Gasteiger partial charge on any atom is 0.327 e.